The molecule has 1 aromatic heterocycles. The fourth-order valence-electron chi connectivity index (χ4n) is 1.60. The lowest BCUT2D eigenvalue weighted by molar-refractivity contribution is 0.0514. The van der Waals surface area contributed by atoms with Gasteiger partial charge in [-0.2, -0.15) is 0 Å². The van der Waals surface area contributed by atoms with E-state index in [1.807, 2.05) is 20.0 Å². The van der Waals surface area contributed by atoms with Crippen LogP contribution in [0.4, 0.5) is 0 Å². The summed E-state index contributed by atoms with van der Waals surface area (Å²) in [6, 6.07) is 5.96. The van der Waals surface area contributed by atoms with Gasteiger partial charge in [0.1, 0.15) is 5.82 Å². The van der Waals surface area contributed by atoms with E-state index >= 15 is 0 Å². The molecule has 0 unspecified atom stereocenters. The predicted molar refractivity (Wildman–Crippen MR) is 77.4 cm³/mol. The Labute approximate surface area is 122 Å². The molecular formula is C15H18N2O4. The molecule has 21 heavy (non-hydrogen) atoms. The molecule has 6 nitrogen and oxygen atoms in total. The zero-order valence-electron chi connectivity index (χ0n) is 12.2. The predicted octanol–water partition coefficient (Wildman–Crippen LogP) is 2.59. The lowest BCUT2D eigenvalue weighted by Crippen LogP contribution is -2.11. The minimum Gasteiger partial charge on any atom is -0.478 e. The number of carboxylic acids is 1. The van der Waals surface area contributed by atoms with Crippen molar-refractivity contribution >= 4 is 11.9 Å². The molecule has 2 N–H and O–H groups in total. The van der Waals surface area contributed by atoms with Gasteiger partial charge in [-0.1, -0.05) is 12.1 Å². The molecule has 6 heteroatoms. The number of esters is 1. The zero-order valence-corrected chi connectivity index (χ0v) is 12.2. The molecule has 0 bridgehead atoms. The SMILES string of the molecule is CCOC(=O)c1ccccc1C(=O)O.Cc1cnc(C)[nH]1. The summed E-state index contributed by atoms with van der Waals surface area (Å²) < 4.78 is 4.72. The van der Waals surface area contributed by atoms with Gasteiger partial charge in [0.25, 0.3) is 0 Å². The third-order valence-electron chi connectivity index (χ3n) is 2.48. The highest BCUT2D eigenvalue weighted by Crippen LogP contribution is 2.10. The highest BCUT2D eigenvalue weighted by Gasteiger charge is 2.15. The van der Waals surface area contributed by atoms with E-state index < -0.39 is 11.9 Å². The van der Waals surface area contributed by atoms with Crippen molar-refractivity contribution in [1.82, 2.24) is 9.97 Å². The number of aromatic nitrogens is 2. The van der Waals surface area contributed by atoms with Crippen LogP contribution in [-0.4, -0.2) is 33.6 Å². The summed E-state index contributed by atoms with van der Waals surface area (Å²) in [6.07, 6.45) is 1.81. The van der Waals surface area contributed by atoms with Crippen LogP contribution in [0.3, 0.4) is 0 Å². The molecule has 1 heterocycles. The molecule has 0 saturated carbocycles. The number of benzene rings is 1. The van der Waals surface area contributed by atoms with Gasteiger partial charge in [-0.25, -0.2) is 14.6 Å². The van der Waals surface area contributed by atoms with Crippen molar-refractivity contribution < 1.29 is 19.4 Å². The van der Waals surface area contributed by atoms with E-state index in [1.165, 1.54) is 12.1 Å². The average molecular weight is 290 g/mol. The van der Waals surface area contributed by atoms with Crippen molar-refractivity contribution in [3.05, 3.63) is 53.1 Å². The van der Waals surface area contributed by atoms with E-state index in [9.17, 15) is 9.59 Å². The molecule has 0 radical (unpaired) electrons. The first-order valence-corrected chi connectivity index (χ1v) is 6.43. The quantitative estimate of drug-likeness (QED) is 0.848. The van der Waals surface area contributed by atoms with Gasteiger partial charge in [-0.05, 0) is 32.9 Å². The molecule has 1 aromatic carbocycles. The highest BCUT2D eigenvalue weighted by molar-refractivity contribution is 6.02. The number of H-pyrrole nitrogens is 1. The summed E-state index contributed by atoms with van der Waals surface area (Å²) in [4.78, 5) is 29.0. The number of nitrogens with one attached hydrogen (secondary N) is 1. The number of aromatic carboxylic acids is 1. The number of hydrogen-bond acceptors (Lipinski definition) is 4. The molecular weight excluding hydrogens is 272 g/mol. The maximum Gasteiger partial charge on any atom is 0.338 e. The second kappa shape index (κ2) is 7.84. The number of nitrogens with zero attached hydrogens (tertiary/aromatic N) is 1. The third kappa shape index (κ3) is 5.10. The van der Waals surface area contributed by atoms with Gasteiger partial charge in [0, 0.05) is 11.9 Å². The molecule has 0 saturated heterocycles. The van der Waals surface area contributed by atoms with Crippen LogP contribution in [-0.2, 0) is 4.74 Å². The van der Waals surface area contributed by atoms with Crippen LogP contribution in [0.2, 0.25) is 0 Å². The molecule has 0 fully saturated rings. The Bertz CT molecular complexity index is 603. The van der Waals surface area contributed by atoms with E-state index in [2.05, 4.69) is 9.97 Å². The third-order valence-corrected chi connectivity index (χ3v) is 2.48. The van der Waals surface area contributed by atoms with Crippen molar-refractivity contribution in [1.29, 1.82) is 0 Å². The van der Waals surface area contributed by atoms with Crippen LogP contribution in [0.5, 0.6) is 0 Å². The topological polar surface area (TPSA) is 92.3 Å². The Kier molecular flexibility index (Phi) is 6.13. The van der Waals surface area contributed by atoms with Crippen molar-refractivity contribution in [2.24, 2.45) is 0 Å². The van der Waals surface area contributed by atoms with Gasteiger partial charge < -0.3 is 14.8 Å². The Morgan fingerprint density at radius 3 is 2.24 bits per heavy atom. The fraction of sp³-hybridized carbons (Fsp3) is 0.267. The van der Waals surface area contributed by atoms with Crippen LogP contribution in [0.25, 0.3) is 0 Å². The maximum atomic E-state index is 11.3. The normalized spacial score (nSPS) is 9.48. The average Bonchev–Trinajstić information content (AvgIpc) is 2.83. The first-order valence-electron chi connectivity index (χ1n) is 6.43. The minimum atomic E-state index is -1.13. The summed E-state index contributed by atoms with van der Waals surface area (Å²) in [5.74, 6) is -0.753. The van der Waals surface area contributed by atoms with E-state index in [0.29, 0.717) is 0 Å². The zero-order chi connectivity index (χ0) is 15.8. The molecule has 2 aromatic rings. The van der Waals surface area contributed by atoms with Gasteiger partial charge in [-0.15, -0.1) is 0 Å². The van der Waals surface area contributed by atoms with Crippen LogP contribution in [0.15, 0.2) is 30.5 Å². The number of carboxylic acid groups (broad SMARTS) is 1. The van der Waals surface area contributed by atoms with Crippen molar-refractivity contribution in [2.45, 2.75) is 20.8 Å². The molecule has 0 aliphatic rings. The van der Waals surface area contributed by atoms with E-state index in [1.54, 1.807) is 19.1 Å². The van der Waals surface area contributed by atoms with Gasteiger partial charge in [0.2, 0.25) is 0 Å². The van der Waals surface area contributed by atoms with Crippen molar-refractivity contribution in [2.75, 3.05) is 6.61 Å². The Morgan fingerprint density at radius 1 is 1.24 bits per heavy atom. The lowest BCUT2D eigenvalue weighted by atomic mass is 10.1. The fourth-order valence-corrected chi connectivity index (χ4v) is 1.60. The lowest BCUT2D eigenvalue weighted by Gasteiger charge is -2.04. The summed E-state index contributed by atoms with van der Waals surface area (Å²) >= 11 is 0. The molecule has 0 spiro atoms. The number of aromatic amines is 1. The first kappa shape index (κ1) is 16.4. The number of aryl methyl sites for hydroxylation is 2. The van der Waals surface area contributed by atoms with Gasteiger partial charge in [0.05, 0.1) is 17.7 Å². The first-order chi connectivity index (χ1) is 9.95. The van der Waals surface area contributed by atoms with Gasteiger partial charge >= 0.3 is 11.9 Å². The van der Waals surface area contributed by atoms with Crippen LogP contribution >= 0.6 is 0 Å². The summed E-state index contributed by atoms with van der Waals surface area (Å²) in [7, 11) is 0. The monoisotopic (exact) mass is 290 g/mol. The Morgan fingerprint density at radius 2 is 1.86 bits per heavy atom. The van der Waals surface area contributed by atoms with Crippen molar-refractivity contribution in [3.63, 3.8) is 0 Å². The van der Waals surface area contributed by atoms with Crippen LogP contribution in [0, 0.1) is 13.8 Å². The number of rotatable bonds is 3. The van der Waals surface area contributed by atoms with Crippen LogP contribution in [0.1, 0.15) is 39.2 Å². The summed E-state index contributed by atoms with van der Waals surface area (Å²) in [5, 5.41) is 8.77. The van der Waals surface area contributed by atoms with E-state index in [4.69, 9.17) is 9.84 Å². The maximum absolute atomic E-state index is 11.3. The Hall–Kier alpha value is -2.63. The summed E-state index contributed by atoms with van der Waals surface area (Å²) in [5.41, 5.74) is 1.17. The molecule has 112 valence electrons. The number of imidazole rings is 1. The van der Waals surface area contributed by atoms with E-state index in [0.717, 1.165) is 11.5 Å². The largest absolute Gasteiger partial charge is 0.478 e. The second-order valence-electron chi connectivity index (χ2n) is 4.22. The number of carbonyl (C=O) groups excluding carboxylic acids is 1. The highest BCUT2D eigenvalue weighted by atomic mass is 16.5. The van der Waals surface area contributed by atoms with Crippen molar-refractivity contribution in [3.8, 4) is 0 Å². The molecule has 0 aliphatic heterocycles. The standard InChI is InChI=1S/C10H10O4.C5H8N2/c1-2-14-10(13)8-6-4-3-5-7(8)9(11)12;1-4-3-6-5(2)7-4/h3-6H,2H2,1H3,(H,11,12);3H,1-2H3,(H,6,7). The molecule has 2 rings (SSSR count). The molecule has 0 atom stereocenters. The number of carbonyl (C=O) groups is 2. The number of ether oxygens (including phenoxy) is 1. The van der Waals surface area contributed by atoms with Gasteiger partial charge in [0.15, 0.2) is 0 Å². The van der Waals surface area contributed by atoms with E-state index in [-0.39, 0.29) is 17.7 Å². The van der Waals surface area contributed by atoms with Crippen LogP contribution < -0.4 is 0 Å². The molecule has 0 aliphatic carbocycles. The minimum absolute atomic E-state index is 0.0362. The second-order valence-corrected chi connectivity index (χ2v) is 4.22. The Balaban J connectivity index is 0.000000262. The van der Waals surface area contributed by atoms with Gasteiger partial charge in [-0.3, -0.25) is 0 Å². The molecule has 0 amide bonds. The summed E-state index contributed by atoms with van der Waals surface area (Å²) in [6.45, 7) is 5.82. The smallest absolute Gasteiger partial charge is 0.338 e. The number of hydrogen-bond donors (Lipinski definition) is 2.